The van der Waals surface area contributed by atoms with E-state index in [0.29, 0.717) is 6.04 Å². The molecule has 1 unspecified atom stereocenters. The lowest BCUT2D eigenvalue weighted by atomic mass is 10.1. The van der Waals surface area contributed by atoms with Gasteiger partial charge in [0.1, 0.15) is 0 Å². The third-order valence-corrected chi connectivity index (χ3v) is 5.58. The van der Waals surface area contributed by atoms with Crippen molar-refractivity contribution in [3.63, 3.8) is 0 Å². The van der Waals surface area contributed by atoms with E-state index < -0.39 is 0 Å². The van der Waals surface area contributed by atoms with Gasteiger partial charge >= 0.3 is 0 Å². The van der Waals surface area contributed by atoms with E-state index >= 15 is 0 Å². The fourth-order valence-corrected chi connectivity index (χ4v) is 3.91. The molecule has 0 aromatic carbocycles. The third-order valence-electron chi connectivity index (χ3n) is 4.50. The Hall–Kier alpha value is -0.690. The van der Waals surface area contributed by atoms with Crippen LogP contribution in [0.2, 0.25) is 0 Å². The van der Waals surface area contributed by atoms with Crippen LogP contribution < -0.4 is 0 Å². The summed E-state index contributed by atoms with van der Waals surface area (Å²) in [5, 5.41) is 0.907. The van der Waals surface area contributed by atoms with Crippen molar-refractivity contribution in [2.24, 2.45) is 0 Å². The SMILES string of the molecule is CCCSc1ncc(CN2CCN3CCN(C)CC3C2)cn1. The molecule has 0 spiro atoms. The smallest absolute Gasteiger partial charge is 0.187 e. The molecule has 1 atom stereocenters. The fourth-order valence-electron chi connectivity index (χ4n) is 3.27. The average Bonchev–Trinajstić information content (AvgIpc) is 2.54. The lowest BCUT2D eigenvalue weighted by Gasteiger charge is -2.46. The van der Waals surface area contributed by atoms with Crippen molar-refractivity contribution in [3.05, 3.63) is 18.0 Å². The van der Waals surface area contributed by atoms with E-state index in [1.807, 2.05) is 12.4 Å². The molecular formula is C16H27N5S. The highest BCUT2D eigenvalue weighted by molar-refractivity contribution is 7.99. The van der Waals surface area contributed by atoms with Crippen molar-refractivity contribution >= 4 is 11.8 Å². The molecule has 2 aliphatic rings. The minimum absolute atomic E-state index is 0.688. The Labute approximate surface area is 138 Å². The Morgan fingerprint density at radius 3 is 2.68 bits per heavy atom. The second-order valence-corrected chi connectivity index (χ2v) is 7.47. The van der Waals surface area contributed by atoms with Crippen LogP contribution in [0.15, 0.2) is 17.6 Å². The molecule has 2 saturated heterocycles. The summed E-state index contributed by atoms with van der Waals surface area (Å²) >= 11 is 1.74. The minimum Gasteiger partial charge on any atom is -0.303 e. The average molecular weight is 321 g/mol. The fraction of sp³-hybridized carbons (Fsp3) is 0.750. The largest absolute Gasteiger partial charge is 0.303 e. The van der Waals surface area contributed by atoms with Gasteiger partial charge in [-0.05, 0) is 13.5 Å². The number of hydrogen-bond donors (Lipinski definition) is 0. The molecule has 2 aliphatic heterocycles. The first kappa shape index (κ1) is 16.2. The normalized spacial score (nSPS) is 24.4. The predicted molar refractivity (Wildman–Crippen MR) is 91.2 cm³/mol. The number of likely N-dealkylation sites (N-methyl/N-ethyl adjacent to an activating group) is 1. The lowest BCUT2D eigenvalue weighted by molar-refractivity contribution is 0.0174. The first-order valence-corrected chi connectivity index (χ1v) is 9.32. The van der Waals surface area contributed by atoms with Gasteiger partial charge in [0.05, 0.1) is 0 Å². The molecule has 1 aromatic heterocycles. The number of aromatic nitrogens is 2. The summed E-state index contributed by atoms with van der Waals surface area (Å²) < 4.78 is 0. The number of nitrogens with zero attached hydrogens (tertiary/aromatic N) is 5. The predicted octanol–water partition coefficient (Wildman–Crippen LogP) is 1.41. The lowest BCUT2D eigenvalue weighted by Crippen LogP contribution is -2.61. The standard InChI is InChI=1S/C16H27N5S/c1-3-8-22-16-17-9-14(10-18-16)11-20-5-7-21-6-4-19(2)12-15(21)13-20/h9-10,15H,3-8,11-13H2,1-2H3. The van der Waals surface area contributed by atoms with Gasteiger partial charge in [0.15, 0.2) is 5.16 Å². The molecule has 22 heavy (non-hydrogen) atoms. The van der Waals surface area contributed by atoms with Crippen LogP contribution >= 0.6 is 11.8 Å². The zero-order valence-corrected chi connectivity index (χ0v) is 14.6. The van der Waals surface area contributed by atoms with E-state index in [1.165, 1.54) is 31.7 Å². The van der Waals surface area contributed by atoms with E-state index in [2.05, 4.69) is 38.6 Å². The zero-order valence-electron chi connectivity index (χ0n) is 13.7. The van der Waals surface area contributed by atoms with Gasteiger partial charge in [0, 0.05) is 75.6 Å². The summed E-state index contributed by atoms with van der Waals surface area (Å²) in [6.07, 6.45) is 5.17. The Bertz CT molecular complexity index is 466. The molecule has 1 aromatic rings. The van der Waals surface area contributed by atoms with E-state index in [9.17, 15) is 0 Å². The molecule has 0 N–H and O–H groups in total. The molecule has 0 amide bonds. The summed E-state index contributed by atoms with van der Waals surface area (Å²) in [5.74, 6) is 1.09. The topological polar surface area (TPSA) is 35.5 Å². The number of piperazine rings is 2. The number of hydrogen-bond acceptors (Lipinski definition) is 6. The Balaban J connectivity index is 1.52. The quantitative estimate of drug-likeness (QED) is 0.603. The summed E-state index contributed by atoms with van der Waals surface area (Å²) in [4.78, 5) is 16.6. The van der Waals surface area contributed by atoms with Crippen LogP contribution in [-0.2, 0) is 6.54 Å². The summed E-state index contributed by atoms with van der Waals surface area (Å²) in [6, 6.07) is 0.688. The van der Waals surface area contributed by atoms with Crippen molar-refractivity contribution in [1.82, 2.24) is 24.7 Å². The zero-order chi connectivity index (χ0) is 15.4. The molecule has 2 fully saturated rings. The van der Waals surface area contributed by atoms with Gasteiger partial charge in [-0.15, -0.1) is 0 Å². The van der Waals surface area contributed by atoms with Gasteiger partial charge in [-0.1, -0.05) is 18.7 Å². The maximum atomic E-state index is 4.48. The van der Waals surface area contributed by atoms with Crippen molar-refractivity contribution in [1.29, 1.82) is 0 Å². The van der Waals surface area contributed by atoms with Crippen LogP contribution in [0, 0.1) is 0 Å². The van der Waals surface area contributed by atoms with Crippen molar-refractivity contribution in [2.75, 3.05) is 52.1 Å². The van der Waals surface area contributed by atoms with Crippen LogP contribution in [0.4, 0.5) is 0 Å². The Kier molecular flexibility index (Phi) is 5.68. The molecule has 0 saturated carbocycles. The van der Waals surface area contributed by atoms with Crippen LogP contribution in [0.1, 0.15) is 18.9 Å². The molecule has 3 heterocycles. The van der Waals surface area contributed by atoms with E-state index in [-0.39, 0.29) is 0 Å². The second-order valence-electron chi connectivity index (χ2n) is 6.41. The van der Waals surface area contributed by atoms with Crippen LogP contribution in [0.3, 0.4) is 0 Å². The molecular weight excluding hydrogens is 294 g/mol. The van der Waals surface area contributed by atoms with Crippen molar-refractivity contribution in [2.45, 2.75) is 31.1 Å². The number of fused-ring (bicyclic) bond motifs is 1. The highest BCUT2D eigenvalue weighted by Crippen LogP contribution is 2.17. The van der Waals surface area contributed by atoms with Crippen LogP contribution in [0.5, 0.6) is 0 Å². The highest BCUT2D eigenvalue weighted by Gasteiger charge is 2.30. The van der Waals surface area contributed by atoms with E-state index in [4.69, 9.17) is 0 Å². The van der Waals surface area contributed by atoms with Gasteiger partial charge < -0.3 is 4.90 Å². The van der Waals surface area contributed by atoms with Gasteiger partial charge in [-0.25, -0.2) is 9.97 Å². The first-order chi connectivity index (χ1) is 10.7. The summed E-state index contributed by atoms with van der Waals surface area (Å²) in [7, 11) is 2.23. The minimum atomic E-state index is 0.688. The highest BCUT2D eigenvalue weighted by atomic mass is 32.2. The maximum Gasteiger partial charge on any atom is 0.187 e. The van der Waals surface area contributed by atoms with Crippen molar-refractivity contribution in [3.8, 4) is 0 Å². The third kappa shape index (κ3) is 4.19. The monoisotopic (exact) mass is 321 g/mol. The number of rotatable bonds is 5. The molecule has 0 bridgehead atoms. The van der Waals surface area contributed by atoms with Gasteiger partial charge in [-0.3, -0.25) is 9.80 Å². The maximum absolute atomic E-state index is 4.48. The van der Waals surface area contributed by atoms with E-state index in [0.717, 1.165) is 37.0 Å². The second kappa shape index (κ2) is 7.73. The molecule has 6 heteroatoms. The molecule has 5 nitrogen and oxygen atoms in total. The first-order valence-electron chi connectivity index (χ1n) is 8.33. The molecule has 122 valence electrons. The van der Waals surface area contributed by atoms with Gasteiger partial charge in [0.25, 0.3) is 0 Å². The van der Waals surface area contributed by atoms with Crippen LogP contribution in [0.25, 0.3) is 0 Å². The van der Waals surface area contributed by atoms with E-state index in [1.54, 1.807) is 11.8 Å². The van der Waals surface area contributed by atoms with Gasteiger partial charge in [-0.2, -0.15) is 0 Å². The molecule has 0 aliphatic carbocycles. The van der Waals surface area contributed by atoms with Crippen molar-refractivity contribution < 1.29 is 0 Å². The summed E-state index contributed by atoms with van der Waals surface area (Å²) in [5.41, 5.74) is 1.23. The summed E-state index contributed by atoms with van der Waals surface area (Å²) in [6.45, 7) is 10.3. The number of thioether (sulfide) groups is 1. The van der Waals surface area contributed by atoms with Gasteiger partial charge in [0.2, 0.25) is 0 Å². The Morgan fingerprint density at radius 2 is 1.91 bits per heavy atom. The Morgan fingerprint density at radius 1 is 1.14 bits per heavy atom. The molecule has 3 rings (SSSR count). The van der Waals surface area contributed by atoms with Crippen LogP contribution in [-0.4, -0.2) is 82.8 Å². The molecule has 0 radical (unpaired) electrons.